The van der Waals surface area contributed by atoms with Crippen LogP contribution in [0.1, 0.15) is 25.3 Å². The van der Waals surface area contributed by atoms with Crippen molar-refractivity contribution < 1.29 is 0 Å². The Balaban J connectivity index is 2.10. The van der Waals surface area contributed by atoms with Gasteiger partial charge in [-0.05, 0) is 30.2 Å². The first-order valence-corrected chi connectivity index (χ1v) is 6.09. The molecule has 0 aromatic heterocycles. The van der Waals surface area contributed by atoms with Gasteiger partial charge in [-0.2, -0.15) is 0 Å². The third kappa shape index (κ3) is 1.80. The molecule has 1 aliphatic rings. The lowest BCUT2D eigenvalue weighted by molar-refractivity contribution is 1.01. The fourth-order valence-corrected chi connectivity index (χ4v) is 2.65. The van der Waals surface area contributed by atoms with E-state index in [1.807, 2.05) is 0 Å². The van der Waals surface area contributed by atoms with E-state index in [9.17, 15) is 0 Å². The van der Waals surface area contributed by atoms with Crippen LogP contribution in [0.4, 0.5) is 0 Å². The van der Waals surface area contributed by atoms with Crippen molar-refractivity contribution in [3.05, 3.63) is 71.3 Å². The van der Waals surface area contributed by atoms with E-state index in [2.05, 4.69) is 68.5 Å². The molecule has 2 aromatic rings. The van der Waals surface area contributed by atoms with Crippen LogP contribution < -0.4 is 0 Å². The minimum Gasteiger partial charge on any atom is -0.0700 e. The maximum atomic E-state index is 2.35. The highest BCUT2D eigenvalue weighted by Crippen LogP contribution is 2.34. The Kier molecular flexibility index (Phi) is 2.36. The molecule has 0 bridgehead atoms. The van der Waals surface area contributed by atoms with Crippen molar-refractivity contribution in [1.82, 2.24) is 0 Å². The van der Waals surface area contributed by atoms with Crippen LogP contribution in [0.3, 0.4) is 0 Å². The second kappa shape index (κ2) is 3.89. The smallest absolute Gasteiger partial charge is 0.0234 e. The molecule has 0 aliphatic heterocycles. The maximum absolute atomic E-state index is 2.35. The van der Waals surface area contributed by atoms with Gasteiger partial charge in [0.15, 0.2) is 0 Å². The predicted octanol–water partition coefficient (Wildman–Crippen LogP) is 4.83. The topological polar surface area (TPSA) is 0 Å². The second-order valence-corrected chi connectivity index (χ2v) is 4.88. The van der Waals surface area contributed by atoms with Gasteiger partial charge in [-0.25, -0.2) is 0 Å². The molecule has 3 rings (SSSR count). The summed E-state index contributed by atoms with van der Waals surface area (Å²) in [6.45, 7) is 4.39. The zero-order valence-electron chi connectivity index (χ0n) is 10.3. The zero-order valence-corrected chi connectivity index (χ0v) is 10.3. The van der Waals surface area contributed by atoms with Crippen molar-refractivity contribution in [3.8, 4) is 0 Å². The molecule has 1 aliphatic carbocycles. The van der Waals surface area contributed by atoms with Crippen LogP contribution in [0.25, 0.3) is 10.8 Å². The maximum Gasteiger partial charge on any atom is 0.0234 e. The highest BCUT2D eigenvalue weighted by Gasteiger charge is 2.15. The van der Waals surface area contributed by atoms with E-state index in [1.165, 1.54) is 27.5 Å². The summed E-state index contributed by atoms with van der Waals surface area (Å²) in [5, 5.41) is 2.65. The normalized spacial score (nSPS) is 19.3. The van der Waals surface area contributed by atoms with E-state index >= 15 is 0 Å². The number of hydrogen-bond acceptors (Lipinski definition) is 0. The van der Waals surface area contributed by atoms with Gasteiger partial charge in [0.2, 0.25) is 0 Å². The lowest BCUT2D eigenvalue weighted by Gasteiger charge is -2.11. The molecule has 0 saturated heterocycles. The van der Waals surface area contributed by atoms with E-state index in [1.54, 1.807) is 0 Å². The summed E-state index contributed by atoms with van der Waals surface area (Å²) in [5.41, 5.74) is 4.22. The van der Waals surface area contributed by atoms with Crippen molar-refractivity contribution in [3.63, 3.8) is 0 Å². The molecule has 1 atom stereocenters. The number of hydrogen-bond donors (Lipinski definition) is 0. The summed E-state index contributed by atoms with van der Waals surface area (Å²) in [6, 6.07) is 15.3. The van der Waals surface area contributed by atoms with Crippen LogP contribution in [0.15, 0.2) is 65.8 Å². The SMILES string of the molecule is CC1=CC(c2ccc3ccccc3c2)C(C)=C1. The van der Waals surface area contributed by atoms with Gasteiger partial charge in [0.25, 0.3) is 0 Å². The third-order valence-corrected chi connectivity index (χ3v) is 3.51. The summed E-state index contributed by atoms with van der Waals surface area (Å²) < 4.78 is 0. The first-order chi connectivity index (χ1) is 8.24. The molecule has 0 heterocycles. The molecule has 0 saturated carbocycles. The van der Waals surface area contributed by atoms with Gasteiger partial charge in [-0.3, -0.25) is 0 Å². The fourth-order valence-electron chi connectivity index (χ4n) is 2.65. The molecule has 0 spiro atoms. The highest BCUT2D eigenvalue weighted by molar-refractivity contribution is 5.83. The number of benzene rings is 2. The summed E-state index contributed by atoms with van der Waals surface area (Å²) in [4.78, 5) is 0. The van der Waals surface area contributed by atoms with Gasteiger partial charge in [0.1, 0.15) is 0 Å². The molecule has 1 unspecified atom stereocenters. The largest absolute Gasteiger partial charge is 0.0700 e. The lowest BCUT2D eigenvalue weighted by atomic mass is 9.93. The summed E-state index contributed by atoms with van der Waals surface area (Å²) in [6.07, 6.45) is 4.62. The predicted molar refractivity (Wildman–Crippen MR) is 74.2 cm³/mol. The first-order valence-electron chi connectivity index (χ1n) is 6.09. The van der Waals surface area contributed by atoms with Crippen molar-refractivity contribution in [2.45, 2.75) is 19.8 Å². The van der Waals surface area contributed by atoms with E-state index in [4.69, 9.17) is 0 Å². The molecule has 0 amide bonds. The molecule has 0 fully saturated rings. The lowest BCUT2D eigenvalue weighted by Crippen LogP contribution is -1.93. The second-order valence-electron chi connectivity index (χ2n) is 4.88. The summed E-state index contributed by atoms with van der Waals surface area (Å²) in [7, 11) is 0. The molecule has 0 heteroatoms. The van der Waals surface area contributed by atoms with E-state index in [-0.39, 0.29) is 0 Å². The minimum atomic E-state index is 0.472. The molecular formula is C17H16. The van der Waals surface area contributed by atoms with Gasteiger partial charge in [0, 0.05) is 5.92 Å². The molecule has 0 N–H and O–H groups in total. The van der Waals surface area contributed by atoms with Crippen LogP contribution in [-0.4, -0.2) is 0 Å². The van der Waals surface area contributed by atoms with E-state index < -0.39 is 0 Å². The monoisotopic (exact) mass is 220 g/mol. The Morgan fingerprint density at radius 1 is 0.882 bits per heavy atom. The van der Waals surface area contributed by atoms with Crippen LogP contribution in [0.5, 0.6) is 0 Å². The van der Waals surface area contributed by atoms with Gasteiger partial charge >= 0.3 is 0 Å². The van der Waals surface area contributed by atoms with Crippen molar-refractivity contribution >= 4 is 10.8 Å². The van der Waals surface area contributed by atoms with Crippen molar-refractivity contribution in [1.29, 1.82) is 0 Å². The summed E-state index contributed by atoms with van der Waals surface area (Å²) >= 11 is 0. The Bertz CT molecular complexity index is 629. The van der Waals surface area contributed by atoms with Crippen LogP contribution in [0, 0.1) is 0 Å². The van der Waals surface area contributed by atoms with Crippen molar-refractivity contribution in [2.75, 3.05) is 0 Å². The Labute approximate surface area is 102 Å². The molecule has 2 aromatic carbocycles. The van der Waals surface area contributed by atoms with E-state index in [0.717, 1.165) is 0 Å². The van der Waals surface area contributed by atoms with Gasteiger partial charge in [-0.1, -0.05) is 65.8 Å². The standard InChI is InChI=1S/C17H16/c1-12-9-13(2)17(10-12)16-8-7-14-5-3-4-6-15(14)11-16/h3-11,17H,1-2H3. The quantitative estimate of drug-likeness (QED) is 0.645. The van der Waals surface area contributed by atoms with E-state index in [0.29, 0.717) is 5.92 Å². The fraction of sp³-hybridized carbons (Fsp3) is 0.176. The minimum absolute atomic E-state index is 0.472. The van der Waals surface area contributed by atoms with Gasteiger partial charge < -0.3 is 0 Å². The Morgan fingerprint density at radius 2 is 1.65 bits per heavy atom. The third-order valence-electron chi connectivity index (χ3n) is 3.51. The Morgan fingerprint density at radius 3 is 2.35 bits per heavy atom. The first kappa shape index (κ1) is 10.3. The molecule has 17 heavy (non-hydrogen) atoms. The van der Waals surface area contributed by atoms with Gasteiger partial charge in [0.05, 0.1) is 0 Å². The number of fused-ring (bicyclic) bond motifs is 1. The summed E-state index contributed by atoms with van der Waals surface area (Å²) in [5.74, 6) is 0.472. The van der Waals surface area contributed by atoms with Crippen LogP contribution in [-0.2, 0) is 0 Å². The van der Waals surface area contributed by atoms with Gasteiger partial charge in [-0.15, -0.1) is 0 Å². The Hall–Kier alpha value is -1.82. The number of rotatable bonds is 1. The molecule has 0 nitrogen and oxygen atoms in total. The van der Waals surface area contributed by atoms with Crippen LogP contribution >= 0.6 is 0 Å². The van der Waals surface area contributed by atoms with Crippen molar-refractivity contribution in [2.24, 2.45) is 0 Å². The van der Waals surface area contributed by atoms with Crippen LogP contribution in [0.2, 0.25) is 0 Å². The highest BCUT2D eigenvalue weighted by atomic mass is 14.2. The zero-order chi connectivity index (χ0) is 11.8. The average molecular weight is 220 g/mol. The molecular weight excluding hydrogens is 204 g/mol. The molecule has 84 valence electrons. The average Bonchev–Trinajstić information content (AvgIpc) is 2.68. The number of allylic oxidation sites excluding steroid dienone is 4. The molecule has 0 radical (unpaired) electrons.